The lowest BCUT2D eigenvalue weighted by Gasteiger charge is -2.16. The Balaban J connectivity index is 2.16. The summed E-state index contributed by atoms with van der Waals surface area (Å²) in [5, 5.41) is 19.6. The summed E-state index contributed by atoms with van der Waals surface area (Å²) in [6.07, 6.45) is 1.07. The summed E-state index contributed by atoms with van der Waals surface area (Å²) >= 11 is 0. The van der Waals surface area contributed by atoms with Crippen LogP contribution in [0.15, 0.2) is 22.8 Å². The first-order valence-corrected chi connectivity index (χ1v) is 6.30. The number of esters is 1. The maximum atomic E-state index is 12.5. The summed E-state index contributed by atoms with van der Waals surface area (Å²) in [6.45, 7) is 0.889. The molecule has 0 radical (unpaired) electrons. The molecule has 1 aliphatic rings. The normalized spacial score (nSPS) is 12.8. The predicted molar refractivity (Wildman–Crippen MR) is 70.8 cm³/mol. The van der Waals surface area contributed by atoms with E-state index in [-0.39, 0.29) is 34.6 Å². The highest BCUT2D eigenvalue weighted by Crippen LogP contribution is 2.39. The molecule has 1 aromatic heterocycles. The molecule has 0 unspecified atom stereocenters. The Morgan fingerprint density at radius 3 is 2.27 bits per heavy atom. The lowest BCUT2D eigenvalue weighted by atomic mass is 9.84. The van der Waals surface area contributed by atoms with Crippen LogP contribution in [0.1, 0.15) is 44.5 Å². The van der Waals surface area contributed by atoms with Crippen LogP contribution < -0.4 is 0 Å². The van der Waals surface area contributed by atoms with Crippen LogP contribution in [0.25, 0.3) is 0 Å². The lowest BCUT2D eigenvalue weighted by Crippen LogP contribution is -2.21. The van der Waals surface area contributed by atoms with Gasteiger partial charge in [0.15, 0.2) is 5.76 Å². The average molecular weight is 302 g/mol. The first kappa shape index (κ1) is 13.9. The smallest absolute Gasteiger partial charge is 0.303 e. The van der Waals surface area contributed by atoms with Gasteiger partial charge >= 0.3 is 5.97 Å². The molecule has 7 heteroatoms. The summed E-state index contributed by atoms with van der Waals surface area (Å²) in [4.78, 5) is 35.8. The van der Waals surface area contributed by atoms with Crippen LogP contribution in [0, 0.1) is 0 Å². The Bertz CT molecular complexity index is 829. The fourth-order valence-electron chi connectivity index (χ4n) is 2.39. The van der Waals surface area contributed by atoms with Gasteiger partial charge in [-0.05, 0) is 12.1 Å². The minimum atomic E-state index is -0.672. The molecule has 1 heterocycles. The van der Waals surface area contributed by atoms with Crippen molar-refractivity contribution < 1.29 is 33.8 Å². The summed E-state index contributed by atoms with van der Waals surface area (Å²) in [7, 11) is 0. The summed E-state index contributed by atoms with van der Waals surface area (Å²) < 4.78 is 9.91. The van der Waals surface area contributed by atoms with Crippen LogP contribution in [0.5, 0.6) is 11.5 Å². The zero-order valence-corrected chi connectivity index (χ0v) is 11.4. The molecule has 2 aromatic rings. The standard InChI is InChI=1S/C15H10O7/c1-6(16)21-5-10-11-7(4-22-10)14(19)12-8(17)2-3-9(18)13(12)15(11)20/h2-4,17-18H,5H2,1H3. The van der Waals surface area contributed by atoms with Gasteiger partial charge in [0.05, 0.1) is 22.3 Å². The monoisotopic (exact) mass is 302 g/mol. The third-order valence-electron chi connectivity index (χ3n) is 3.36. The van der Waals surface area contributed by atoms with E-state index >= 15 is 0 Å². The van der Waals surface area contributed by atoms with Crippen molar-refractivity contribution in [1.29, 1.82) is 0 Å². The van der Waals surface area contributed by atoms with Gasteiger partial charge in [-0.2, -0.15) is 0 Å². The summed E-state index contributed by atoms with van der Waals surface area (Å²) in [5.41, 5.74) is -0.666. The molecule has 1 aliphatic carbocycles. The van der Waals surface area contributed by atoms with Crippen molar-refractivity contribution in [2.75, 3.05) is 0 Å². The van der Waals surface area contributed by atoms with E-state index in [1.54, 1.807) is 0 Å². The molecule has 0 atom stereocenters. The molecule has 7 nitrogen and oxygen atoms in total. The van der Waals surface area contributed by atoms with Gasteiger partial charge in [0, 0.05) is 6.92 Å². The number of hydrogen-bond donors (Lipinski definition) is 2. The third kappa shape index (κ3) is 1.86. The first-order chi connectivity index (χ1) is 10.4. The Hall–Kier alpha value is -3.09. The lowest BCUT2D eigenvalue weighted by molar-refractivity contribution is -0.142. The topological polar surface area (TPSA) is 114 Å². The van der Waals surface area contributed by atoms with Crippen molar-refractivity contribution >= 4 is 17.5 Å². The highest BCUT2D eigenvalue weighted by molar-refractivity contribution is 6.30. The van der Waals surface area contributed by atoms with Gasteiger partial charge in [0.25, 0.3) is 0 Å². The second-order valence-corrected chi connectivity index (χ2v) is 4.74. The van der Waals surface area contributed by atoms with E-state index in [1.165, 1.54) is 6.92 Å². The minimum Gasteiger partial charge on any atom is -0.507 e. The molecule has 2 N–H and O–H groups in total. The number of fused-ring (bicyclic) bond motifs is 2. The van der Waals surface area contributed by atoms with E-state index in [0.717, 1.165) is 18.4 Å². The zero-order valence-electron chi connectivity index (χ0n) is 11.4. The van der Waals surface area contributed by atoms with Gasteiger partial charge in [-0.1, -0.05) is 0 Å². The second kappa shape index (κ2) is 4.73. The van der Waals surface area contributed by atoms with Crippen LogP contribution in [0.4, 0.5) is 0 Å². The molecule has 1 aromatic carbocycles. The average Bonchev–Trinajstić information content (AvgIpc) is 2.89. The number of carbonyl (C=O) groups is 3. The Kier molecular flexibility index (Phi) is 2.98. The van der Waals surface area contributed by atoms with E-state index in [2.05, 4.69) is 0 Å². The van der Waals surface area contributed by atoms with Crippen LogP contribution >= 0.6 is 0 Å². The van der Waals surface area contributed by atoms with Gasteiger partial charge in [0.2, 0.25) is 11.6 Å². The van der Waals surface area contributed by atoms with E-state index in [9.17, 15) is 24.6 Å². The van der Waals surface area contributed by atoms with Gasteiger partial charge < -0.3 is 19.4 Å². The Labute approximate surface area is 123 Å². The van der Waals surface area contributed by atoms with Crippen molar-refractivity contribution in [3.8, 4) is 11.5 Å². The zero-order chi connectivity index (χ0) is 16.0. The molecule has 0 fully saturated rings. The molecule has 0 saturated heterocycles. The van der Waals surface area contributed by atoms with Crippen LogP contribution in [-0.2, 0) is 16.1 Å². The predicted octanol–water partition coefficient (Wildman–Crippen LogP) is 1.53. The molecule has 112 valence electrons. The Morgan fingerprint density at radius 1 is 1.09 bits per heavy atom. The van der Waals surface area contributed by atoms with Crippen molar-refractivity contribution in [2.24, 2.45) is 0 Å². The Morgan fingerprint density at radius 2 is 1.68 bits per heavy atom. The number of rotatable bonds is 2. The molecule has 22 heavy (non-hydrogen) atoms. The number of benzene rings is 1. The van der Waals surface area contributed by atoms with Crippen molar-refractivity contribution in [1.82, 2.24) is 0 Å². The van der Waals surface area contributed by atoms with Crippen molar-refractivity contribution in [3.63, 3.8) is 0 Å². The summed E-state index contributed by atoms with van der Waals surface area (Å²) in [5.74, 6) is -2.70. The van der Waals surface area contributed by atoms with Gasteiger partial charge in [-0.15, -0.1) is 0 Å². The van der Waals surface area contributed by atoms with E-state index in [4.69, 9.17) is 9.15 Å². The first-order valence-electron chi connectivity index (χ1n) is 6.30. The molecule has 0 aliphatic heterocycles. The number of furan rings is 1. The largest absolute Gasteiger partial charge is 0.507 e. The van der Waals surface area contributed by atoms with Crippen molar-refractivity contribution in [3.05, 3.63) is 46.4 Å². The molecular formula is C15H10O7. The summed E-state index contributed by atoms with van der Waals surface area (Å²) in [6, 6.07) is 2.25. The molecular weight excluding hydrogens is 292 g/mol. The van der Waals surface area contributed by atoms with Crippen LogP contribution in [0.2, 0.25) is 0 Å². The molecule has 3 rings (SSSR count). The molecule has 0 amide bonds. The number of phenols is 2. The number of phenolic OH excluding ortho intramolecular Hbond substituents is 2. The fraction of sp³-hybridized carbons (Fsp3) is 0.133. The van der Waals surface area contributed by atoms with Gasteiger partial charge in [-0.3, -0.25) is 14.4 Å². The van der Waals surface area contributed by atoms with Crippen molar-refractivity contribution in [2.45, 2.75) is 13.5 Å². The molecule has 0 spiro atoms. The van der Waals surface area contributed by atoms with Gasteiger partial charge in [-0.25, -0.2) is 0 Å². The maximum absolute atomic E-state index is 12.5. The third-order valence-corrected chi connectivity index (χ3v) is 3.36. The van der Waals surface area contributed by atoms with E-state index in [1.807, 2.05) is 0 Å². The number of ketones is 2. The number of hydrogen-bond acceptors (Lipinski definition) is 7. The van der Waals surface area contributed by atoms with E-state index in [0.29, 0.717) is 0 Å². The highest BCUT2D eigenvalue weighted by Gasteiger charge is 2.38. The second-order valence-electron chi connectivity index (χ2n) is 4.74. The SMILES string of the molecule is CC(=O)OCc1occ2c1C(=O)c1c(O)ccc(O)c1C2=O. The minimum absolute atomic E-state index is 0.0111. The quantitative estimate of drug-likeness (QED) is 0.545. The van der Waals surface area contributed by atoms with Crippen LogP contribution in [-0.4, -0.2) is 27.7 Å². The number of ether oxygens (including phenoxy) is 1. The number of carbonyl (C=O) groups excluding carboxylic acids is 3. The van der Waals surface area contributed by atoms with Crippen LogP contribution in [0.3, 0.4) is 0 Å². The highest BCUT2D eigenvalue weighted by atomic mass is 16.5. The van der Waals surface area contributed by atoms with Gasteiger partial charge in [0.1, 0.15) is 24.4 Å². The number of aromatic hydroxyl groups is 2. The molecule has 0 saturated carbocycles. The molecule has 0 bridgehead atoms. The maximum Gasteiger partial charge on any atom is 0.303 e. The van der Waals surface area contributed by atoms with E-state index < -0.39 is 29.0 Å². The fourth-order valence-corrected chi connectivity index (χ4v) is 2.39.